The SMILES string of the molecule is O=C1OCC[C@H]1N1CCCC[C@H]1Cn1cccn1. The highest BCUT2D eigenvalue weighted by molar-refractivity contribution is 5.77. The molecule has 5 heteroatoms. The summed E-state index contributed by atoms with van der Waals surface area (Å²) in [6, 6.07) is 2.33. The van der Waals surface area contributed by atoms with Gasteiger partial charge in [-0.2, -0.15) is 5.10 Å². The first-order valence-electron chi connectivity index (χ1n) is 6.74. The van der Waals surface area contributed by atoms with Gasteiger partial charge in [0.05, 0.1) is 13.2 Å². The summed E-state index contributed by atoms with van der Waals surface area (Å²) in [5, 5.41) is 4.26. The average Bonchev–Trinajstić information content (AvgIpc) is 3.02. The molecule has 0 unspecified atom stereocenters. The van der Waals surface area contributed by atoms with Crippen LogP contribution in [0.3, 0.4) is 0 Å². The van der Waals surface area contributed by atoms with Crippen LogP contribution < -0.4 is 0 Å². The van der Waals surface area contributed by atoms with Gasteiger partial charge < -0.3 is 4.74 Å². The average molecular weight is 249 g/mol. The molecule has 0 aromatic carbocycles. The summed E-state index contributed by atoms with van der Waals surface area (Å²) >= 11 is 0. The van der Waals surface area contributed by atoms with E-state index in [9.17, 15) is 4.79 Å². The molecule has 0 spiro atoms. The van der Waals surface area contributed by atoms with Crippen molar-refractivity contribution >= 4 is 5.97 Å². The monoisotopic (exact) mass is 249 g/mol. The third kappa shape index (κ3) is 2.27. The Morgan fingerprint density at radius 2 is 2.33 bits per heavy atom. The lowest BCUT2D eigenvalue weighted by molar-refractivity contribution is -0.143. The number of aromatic nitrogens is 2. The molecule has 98 valence electrons. The van der Waals surface area contributed by atoms with E-state index < -0.39 is 0 Å². The van der Waals surface area contributed by atoms with Crippen LogP contribution in [0.1, 0.15) is 25.7 Å². The Morgan fingerprint density at radius 3 is 3.06 bits per heavy atom. The summed E-state index contributed by atoms with van der Waals surface area (Å²) < 4.78 is 7.06. The highest BCUT2D eigenvalue weighted by Crippen LogP contribution is 2.25. The fraction of sp³-hybridized carbons (Fsp3) is 0.692. The van der Waals surface area contributed by atoms with Crippen molar-refractivity contribution in [1.29, 1.82) is 0 Å². The van der Waals surface area contributed by atoms with Crippen LogP contribution in [0.2, 0.25) is 0 Å². The van der Waals surface area contributed by atoms with Crippen LogP contribution in [0.5, 0.6) is 0 Å². The molecule has 0 saturated carbocycles. The molecule has 2 aliphatic rings. The second kappa shape index (κ2) is 5.10. The minimum absolute atomic E-state index is 0.0223. The van der Waals surface area contributed by atoms with Gasteiger partial charge in [0.15, 0.2) is 0 Å². The van der Waals surface area contributed by atoms with E-state index in [4.69, 9.17) is 4.74 Å². The molecule has 2 aliphatic heterocycles. The summed E-state index contributed by atoms with van der Waals surface area (Å²) in [6.07, 6.45) is 8.19. The highest BCUT2D eigenvalue weighted by atomic mass is 16.5. The molecule has 0 radical (unpaired) electrons. The fourth-order valence-corrected chi connectivity index (χ4v) is 3.04. The number of ether oxygens (including phenoxy) is 1. The number of carbonyl (C=O) groups is 1. The van der Waals surface area contributed by atoms with E-state index in [0.29, 0.717) is 12.6 Å². The van der Waals surface area contributed by atoms with Gasteiger partial charge in [0.1, 0.15) is 6.04 Å². The predicted octanol–water partition coefficient (Wildman–Crippen LogP) is 1.05. The van der Waals surface area contributed by atoms with E-state index in [2.05, 4.69) is 10.00 Å². The molecule has 5 nitrogen and oxygen atoms in total. The fourth-order valence-electron chi connectivity index (χ4n) is 3.04. The summed E-state index contributed by atoms with van der Waals surface area (Å²) in [7, 11) is 0. The molecule has 0 amide bonds. The Labute approximate surface area is 107 Å². The maximum Gasteiger partial charge on any atom is 0.323 e. The van der Waals surface area contributed by atoms with Crippen LogP contribution >= 0.6 is 0 Å². The molecule has 3 rings (SSSR count). The van der Waals surface area contributed by atoms with E-state index in [1.165, 1.54) is 12.8 Å². The van der Waals surface area contributed by atoms with Gasteiger partial charge in [-0.05, 0) is 25.5 Å². The van der Waals surface area contributed by atoms with Gasteiger partial charge in [0.2, 0.25) is 0 Å². The summed E-state index contributed by atoms with van der Waals surface area (Å²) in [5.74, 6) is -0.0395. The van der Waals surface area contributed by atoms with Gasteiger partial charge in [0.25, 0.3) is 0 Å². The Morgan fingerprint density at radius 1 is 1.39 bits per heavy atom. The first kappa shape index (κ1) is 11.7. The Bertz CT molecular complexity index is 404. The zero-order valence-electron chi connectivity index (χ0n) is 10.5. The number of esters is 1. The number of likely N-dealkylation sites (tertiary alicyclic amines) is 1. The smallest absolute Gasteiger partial charge is 0.323 e. The van der Waals surface area contributed by atoms with Crippen molar-refractivity contribution in [2.24, 2.45) is 0 Å². The maximum absolute atomic E-state index is 11.7. The normalized spacial score (nSPS) is 29.4. The van der Waals surface area contributed by atoms with Crippen molar-refractivity contribution in [3.63, 3.8) is 0 Å². The lowest BCUT2D eigenvalue weighted by atomic mass is 9.99. The zero-order valence-corrected chi connectivity index (χ0v) is 10.5. The van der Waals surface area contributed by atoms with E-state index in [-0.39, 0.29) is 12.0 Å². The molecule has 18 heavy (non-hydrogen) atoms. The predicted molar refractivity (Wildman–Crippen MR) is 65.9 cm³/mol. The van der Waals surface area contributed by atoms with Crippen LogP contribution in [0.4, 0.5) is 0 Å². The van der Waals surface area contributed by atoms with Gasteiger partial charge in [-0.15, -0.1) is 0 Å². The second-order valence-corrected chi connectivity index (χ2v) is 5.09. The highest BCUT2D eigenvalue weighted by Gasteiger charge is 2.37. The lowest BCUT2D eigenvalue weighted by Gasteiger charge is -2.38. The number of hydrogen-bond donors (Lipinski definition) is 0. The standard InChI is InChI=1S/C13H19N3O2/c17-13-12(5-9-18-13)16-8-2-1-4-11(16)10-15-7-3-6-14-15/h3,6-7,11-12H,1-2,4-5,8-10H2/t11-,12+/m0/s1. The van der Waals surface area contributed by atoms with Gasteiger partial charge in [-0.25, -0.2) is 0 Å². The van der Waals surface area contributed by atoms with Gasteiger partial charge in [0, 0.05) is 24.9 Å². The number of rotatable bonds is 3. The zero-order chi connectivity index (χ0) is 12.4. The first-order chi connectivity index (χ1) is 8.84. The van der Waals surface area contributed by atoms with Crippen molar-refractivity contribution in [2.75, 3.05) is 13.2 Å². The van der Waals surface area contributed by atoms with Crippen LogP contribution in [0, 0.1) is 0 Å². The van der Waals surface area contributed by atoms with Gasteiger partial charge in [-0.1, -0.05) is 6.42 Å². The van der Waals surface area contributed by atoms with Crippen molar-refractivity contribution in [3.05, 3.63) is 18.5 Å². The first-order valence-corrected chi connectivity index (χ1v) is 6.74. The van der Waals surface area contributed by atoms with Crippen LogP contribution in [-0.4, -0.2) is 45.9 Å². The topological polar surface area (TPSA) is 47.4 Å². The van der Waals surface area contributed by atoms with Crippen molar-refractivity contribution in [2.45, 2.75) is 44.3 Å². The Balaban J connectivity index is 1.71. The third-order valence-electron chi connectivity index (χ3n) is 3.94. The van der Waals surface area contributed by atoms with Crippen molar-refractivity contribution < 1.29 is 9.53 Å². The quantitative estimate of drug-likeness (QED) is 0.751. The number of cyclic esters (lactones) is 1. The molecule has 1 aromatic heterocycles. The molecule has 1 aromatic rings. The van der Waals surface area contributed by atoms with E-state index in [1.54, 1.807) is 6.20 Å². The Hall–Kier alpha value is -1.36. The summed E-state index contributed by atoms with van der Waals surface area (Å²) in [5.41, 5.74) is 0. The van der Waals surface area contributed by atoms with Crippen LogP contribution in [0.15, 0.2) is 18.5 Å². The maximum atomic E-state index is 11.7. The summed E-state index contributed by atoms with van der Waals surface area (Å²) in [4.78, 5) is 14.1. The minimum Gasteiger partial charge on any atom is -0.464 e. The van der Waals surface area contributed by atoms with E-state index in [0.717, 1.165) is 25.9 Å². The number of hydrogen-bond acceptors (Lipinski definition) is 4. The number of nitrogens with zero attached hydrogens (tertiary/aromatic N) is 3. The molecule has 2 saturated heterocycles. The summed E-state index contributed by atoms with van der Waals surface area (Å²) in [6.45, 7) is 2.46. The van der Waals surface area contributed by atoms with Crippen molar-refractivity contribution in [3.8, 4) is 0 Å². The molecule has 0 bridgehead atoms. The van der Waals surface area contributed by atoms with Crippen LogP contribution in [-0.2, 0) is 16.1 Å². The van der Waals surface area contributed by atoms with E-state index >= 15 is 0 Å². The molecule has 0 aliphatic carbocycles. The molecule has 2 atom stereocenters. The van der Waals surface area contributed by atoms with Crippen LogP contribution in [0.25, 0.3) is 0 Å². The van der Waals surface area contributed by atoms with Crippen molar-refractivity contribution in [1.82, 2.24) is 14.7 Å². The minimum atomic E-state index is -0.0395. The second-order valence-electron chi connectivity index (χ2n) is 5.09. The van der Waals surface area contributed by atoms with Gasteiger partial charge >= 0.3 is 5.97 Å². The lowest BCUT2D eigenvalue weighted by Crippen LogP contribution is -2.49. The molecule has 2 fully saturated rings. The van der Waals surface area contributed by atoms with Gasteiger partial charge in [-0.3, -0.25) is 14.4 Å². The van der Waals surface area contributed by atoms with E-state index in [1.807, 2.05) is 16.9 Å². The number of piperidine rings is 1. The number of carbonyl (C=O) groups excluding carboxylic acids is 1. The third-order valence-corrected chi connectivity index (χ3v) is 3.94. The molecular formula is C13H19N3O2. The largest absolute Gasteiger partial charge is 0.464 e. The molecular weight excluding hydrogens is 230 g/mol. The molecule has 3 heterocycles. The molecule has 0 N–H and O–H groups in total. The Kier molecular flexibility index (Phi) is 3.32.